The highest BCUT2D eigenvalue weighted by molar-refractivity contribution is 6.00. The molecule has 0 aromatic carbocycles. The minimum absolute atomic E-state index is 0.0452. The standard InChI is InChI=1S/C33H37F3N6O3/c1-19-14-28(45-5)26(32(44)40-19)17-39-31(43)25-16-27-24(23-6-10-38-29(15-23)37-4)9-13-42(27)30(21(25)3)20(2)22-7-11-41(12-8-22)18-33(34,35)36/h6,9-10,13-16H,7-8,11-12,17-18H2,1-5H3,(H,37,38)(H,39,43)(H,40,44). The summed E-state index contributed by atoms with van der Waals surface area (Å²) in [6.45, 7) is 5.24. The number of methoxy groups -OCH3 is 1. The van der Waals surface area contributed by atoms with E-state index in [9.17, 15) is 22.8 Å². The maximum atomic E-state index is 13.8. The van der Waals surface area contributed by atoms with Gasteiger partial charge in [-0.1, -0.05) is 5.57 Å². The number of likely N-dealkylation sites (tertiary alicyclic amines) is 1. The van der Waals surface area contributed by atoms with Crippen LogP contribution in [0.1, 0.15) is 52.6 Å². The molecule has 5 heterocycles. The molecule has 0 radical (unpaired) electrons. The number of rotatable bonds is 8. The number of halogens is 3. The molecule has 1 saturated heterocycles. The van der Waals surface area contributed by atoms with Crippen molar-refractivity contribution in [1.82, 2.24) is 24.6 Å². The predicted molar refractivity (Wildman–Crippen MR) is 169 cm³/mol. The van der Waals surface area contributed by atoms with E-state index in [0.29, 0.717) is 54.3 Å². The third kappa shape index (κ3) is 6.75. The number of carbonyl (C=O) groups is 1. The molecule has 4 aromatic rings. The van der Waals surface area contributed by atoms with Crippen molar-refractivity contribution in [3.8, 4) is 16.9 Å². The molecular weight excluding hydrogens is 585 g/mol. The lowest BCUT2D eigenvalue weighted by Crippen LogP contribution is -2.38. The number of aromatic nitrogens is 3. The highest BCUT2D eigenvalue weighted by Gasteiger charge is 2.32. The average Bonchev–Trinajstić information content (AvgIpc) is 3.42. The molecular formula is C33H37F3N6O3. The van der Waals surface area contributed by atoms with Crippen LogP contribution < -0.4 is 20.9 Å². The van der Waals surface area contributed by atoms with Gasteiger partial charge >= 0.3 is 6.18 Å². The number of hydrogen-bond acceptors (Lipinski definition) is 6. The Morgan fingerprint density at radius 2 is 1.87 bits per heavy atom. The summed E-state index contributed by atoms with van der Waals surface area (Å²) < 4.78 is 46.5. The number of H-pyrrole nitrogens is 1. The number of piperidine rings is 1. The van der Waals surface area contributed by atoms with Gasteiger partial charge in [-0.05, 0) is 80.6 Å². The first kappa shape index (κ1) is 31.8. The van der Waals surface area contributed by atoms with E-state index < -0.39 is 12.7 Å². The summed E-state index contributed by atoms with van der Waals surface area (Å²) in [6, 6.07) is 9.34. The second-order valence-corrected chi connectivity index (χ2v) is 11.3. The maximum Gasteiger partial charge on any atom is 0.401 e. The highest BCUT2D eigenvalue weighted by Crippen LogP contribution is 2.35. The van der Waals surface area contributed by atoms with Crippen LogP contribution in [0.4, 0.5) is 19.0 Å². The number of anilines is 1. The molecule has 1 fully saturated rings. The third-order valence-corrected chi connectivity index (χ3v) is 8.40. The molecule has 45 heavy (non-hydrogen) atoms. The fourth-order valence-electron chi connectivity index (χ4n) is 6.09. The molecule has 4 aromatic heterocycles. The number of aromatic amines is 1. The number of carbonyl (C=O) groups excluding carboxylic acids is 1. The first-order chi connectivity index (χ1) is 21.4. The highest BCUT2D eigenvalue weighted by atomic mass is 19.4. The van der Waals surface area contributed by atoms with Gasteiger partial charge in [-0.2, -0.15) is 13.2 Å². The number of nitrogens with one attached hydrogen (secondary N) is 3. The maximum absolute atomic E-state index is 13.8. The Kier molecular flexibility index (Phi) is 9.06. The number of nitrogens with zero attached hydrogens (tertiary/aromatic N) is 3. The Balaban J connectivity index is 1.58. The third-order valence-electron chi connectivity index (χ3n) is 8.40. The van der Waals surface area contributed by atoms with Crippen LogP contribution in [0.5, 0.6) is 5.75 Å². The van der Waals surface area contributed by atoms with E-state index in [-0.39, 0.29) is 18.0 Å². The van der Waals surface area contributed by atoms with Gasteiger partial charge in [0.1, 0.15) is 11.6 Å². The molecule has 5 rings (SSSR count). The second kappa shape index (κ2) is 12.8. The number of allylic oxidation sites excluding steroid dienone is 1. The average molecular weight is 623 g/mol. The lowest BCUT2D eigenvalue weighted by Gasteiger charge is -2.30. The summed E-state index contributed by atoms with van der Waals surface area (Å²) in [5, 5.41) is 5.95. The van der Waals surface area contributed by atoms with Gasteiger partial charge in [0.2, 0.25) is 0 Å². The van der Waals surface area contributed by atoms with Crippen LogP contribution in [0.3, 0.4) is 0 Å². The van der Waals surface area contributed by atoms with Crippen molar-refractivity contribution in [3.05, 3.63) is 86.7 Å². The summed E-state index contributed by atoms with van der Waals surface area (Å²) in [5.41, 5.74) is 7.14. The SMILES string of the molecule is CNc1cc(-c2ccn3c(C(C)=C4CCN(CC(F)(F)F)CC4)c(C)c(C(=O)NCc4c(OC)cc(C)[nH]c4=O)cc23)ccn1. The molecule has 0 aliphatic carbocycles. The Bertz CT molecular complexity index is 1830. The molecule has 1 aliphatic heterocycles. The minimum atomic E-state index is -4.24. The van der Waals surface area contributed by atoms with Crippen molar-refractivity contribution in [3.63, 3.8) is 0 Å². The molecule has 12 heteroatoms. The van der Waals surface area contributed by atoms with Gasteiger partial charge in [0.05, 0.1) is 37.0 Å². The number of ether oxygens (including phenoxy) is 1. The zero-order valence-corrected chi connectivity index (χ0v) is 26.0. The van der Waals surface area contributed by atoms with Gasteiger partial charge in [0.15, 0.2) is 0 Å². The first-order valence-electron chi connectivity index (χ1n) is 14.7. The zero-order chi connectivity index (χ0) is 32.5. The summed E-state index contributed by atoms with van der Waals surface area (Å²) in [6.07, 6.45) is 0.421. The van der Waals surface area contributed by atoms with Crippen molar-refractivity contribution >= 4 is 22.8 Å². The largest absolute Gasteiger partial charge is 0.496 e. The number of pyridine rings is 3. The van der Waals surface area contributed by atoms with Gasteiger partial charge in [-0.15, -0.1) is 0 Å². The lowest BCUT2D eigenvalue weighted by molar-refractivity contribution is -0.146. The van der Waals surface area contributed by atoms with E-state index in [2.05, 4.69) is 20.6 Å². The van der Waals surface area contributed by atoms with Crippen molar-refractivity contribution in [1.29, 1.82) is 0 Å². The van der Waals surface area contributed by atoms with Gasteiger partial charge < -0.3 is 24.8 Å². The van der Waals surface area contributed by atoms with Gasteiger partial charge in [0, 0.05) is 49.4 Å². The number of aryl methyl sites for hydroxylation is 1. The molecule has 1 aliphatic rings. The molecule has 0 atom stereocenters. The number of hydrogen-bond donors (Lipinski definition) is 3. The van der Waals surface area contributed by atoms with Crippen LogP contribution in [0.15, 0.2) is 53.1 Å². The molecule has 9 nitrogen and oxygen atoms in total. The van der Waals surface area contributed by atoms with E-state index in [4.69, 9.17) is 4.74 Å². The normalized spacial score (nSPS) is 14.1. The minimum Gasteiger partial charge on any atom is -0.496 e. The fourth-order valence-corrected chi connectivity index (χ4v) is 6.09. The van der Waals surface area contributed by atoms with E-state index in [1.165, 1.54) is 12.0 Å². The Hall–Kier alpha value is -4.58. The van der Waals surface area contributed by atoms with Crippen LogP contribution in [-0.4, -0.2) is 65.1 Å². The number of fused-ring (bicyclic) bond motifs is 1. The molecule has 0 bridgehead atoms. The van der Waals surface area contributed by atoms with Gasteiger partial charge in [-0.3, -0.25) is 14.5 Å². The molecule has 3 N–H and O–H groups in total. The summed E-state index contributed by atoms with van der Waals surface area (Å²) in [7, 11) is 3.26. The van der Waals surface area contributed by atoms with E-state index >= 15 is 0 Å². The van der Waals surface area contributed by atoms with Crippen molar-refractivity contribution in [2.24, 2.45) is 0 Å². The number of alkyl halides is 3. The quantitative estimate of drug-likeness (QED) is 0.232. The Labute approximate surface area is 259 Å². The molecule has 238 valence electrons. The molecule has 0 spiro atoms. The second-order valence-electron chi connectivity index (χ2n) is 11.3. The Morgan fingerprint density at radius 1 is 1.13 bits per heavy atom. The summed E-state index contributed by atoms with van der Waals surface area (Å²) in [4.78, 5) is 35.0. The number of amides is 1. The Morgan fingerprint density at radius 3 is 2.53 bits per heavy atom. The lowest BCUT2D eigenvalue weighted by atomic mass is 9.92. The van der Waals surface area contributed by atoms with Crippen molar-refractivity contribution < 1.29 is 22.7 Å². The van der Waals surface area contributed by atoms with Gasteiger partial charge in [0.25, 0.3) is 11.5 Å². The predicted octanol–water partition coefficient (Wildman–Crippen LogP) is 5.72. The molecule has 0 saturated carbocycles. The monoisotopic (exact) mass is 622 g/mol. The summed E-state index contributed by atoms with van der Waals surface area (Å²) in [5.74, 6) is 0.709. The van der Waals surface area contributed by atoms with Gasteiger partial charge in [-0.25, -0.2) is 4.98 Å². The summed E-state index contributed by atoms with van der Waals surface area (Å²) >= 11 is 0. The van der Waals surface area contributed by atoms with E-state index in [1.807, 2.05) is 48.7 Å². The van der Waals surface area contributed by atoms with Crippen LogP contribution in [-0.2, 0) is 6.54 Å². The van der Waals surface area contributed by atoms with Crippen LogP contribution in [0, 0.1) is 13.8 Å². The van der Waals surface area contributed by atoms with Crippen LogP contribution in [0.25, 0.3) is 22.2 Å². The van der Waals surface area contributed by atoms with Crippen LogP contribution in [0.2, 0.25) is 0 Å². The van der Waals surface area contributed by atoms with Crippen molar-refractivity contribution in [2.45, 2.75) is 46.3 Å². The molecule has 0 unspecified atom stereocenters. The van der Waals surface area contributed by atoms with E-state index in [1.54, 1.807) is 26.2 Å². The molecule has 1 amide bonds. The first-order valence-corrected chi connectivity index (χ1v) is 14.7. The van der Waals surface area contributed by atoms with Crippen molar-refractivity contribution in [2.75, 3.05) is 39.1 Å². The van der Waals surface area contributed by atoms with E-state index in [0.717, 1.165) is 39.0 Å². The topological polar surface area (TPSA) is 104 Å². The zero-order valence-electron chi connectivity index (χ0n) is 26.0. The smallest absolute Gasteiger partial charge is 0.401 e. The van der Waals surface area contributed by atoms with Crippen LogP contribution >= 0.6 is 0 Å². The fraction of sp³-hybridized carbons (Fsp3) is 0.364.